The maximum atomic E-state index is 12.5. The Morgan fingerprint density at radius 2 is 1.97 bits per heavy atom. The lowest BCUT2D eigenvalue weighted by atomic mass is 10.1. The zero-order valence-corrected chi connectivity index (χ0v) is 19.2. The Kier molecular flexibility index (Phi) is 9.49. The molecule has 1 aliphatic rings. The molecule has 172 valence electrons. The number of nitrogens with zero attached hydrogens (tertiary/aromatic N) is 4. The number of benzene rings is 2. The number of alkyl halides is 2. The van der Waals surface area contributed by atoms with E-state index >= 15 is 0 Å². The van der Waals surface area contributed by atoms with Gasteiger partial charge in [-0.1, -0.05) is 37.3 Å². The summed E-state index contributed by atoms with van der Waals surface area (Å²) in [5, 5.41) is 7.17. The fraction of sp³-hybridized carbons (Fsp3) is 0.417. The number of ether oxygens (including phenoxy) is 1. The first-order valence-corrected chi connectivity index (χ1v) is 11.7. The summed E-state index contributed by atoms with van der Waals surface area (Å²) in [7, 11) is 0. The fourth-order valence-corrected chi connectivity index (χ4v) is 4.68. The van der Waals surface area contributed by atoms with Gasteiger partial charge in [0.15, 0.2) is 6.61 Å². The lowest BCUT2D eigenvalue weighted by Crippen LogP contribution is -2.25. The highest BCUT2D eigenvalue weighted by molar-refractivity contribution is 8.00. The molecule has 0 aliphatic carbocycles. The highest BCUT2D eigenvalue weighted by atomic mass is 32.2. The zero-order valence-electron chi connectivity index (χ0n) is 18.4. The molecule has 0 spiro atoms. The summed E-state index contributed by atoms with van der Waals surface area (Å²) in [6.45, 7) is 9.03. The van der Waals surface area contributed by atoms with Crippen molar-refractivity contribution in [3.05, 3.63) is 65.7 Å². The molecule has 0 unspecified atom stereocenters. The van der Waals surface area contributed by atoms with Gasteiger partial charge in [0.05, 0.1) is 6.54 Å². The molecule has 1 aliphatic heterocycles. The summed E-state index contributed by atoms with van der Waals surface area (Å²) < 4.78 is 32.4. The topological polar surface area (TPSA) is 40.4 Å². The van der Waals surface area contributed by atoms with Crippen molar-refractivity contribution in [2.75, 3.05) is 36.3 Å². The quantitative estimate of drug-likeness (QED) is 0.197. The number of anilines is 1. The number of para-hydroxylation sites is 1. The molecule has 1 atom stereocenters. The van der Waals surface area contributed by atoms with Crippen LogP contribution >= 0.6 is 11.9 Å². The second-order valence-electron chi connectivity index (χ2n) is 7.85. The normalized spacial score (nSPS) is 17.0. The number of rotatable bonds is 11. The molecule has 2 aromatic rings. The fourth-order valence-electron chi connectivity index (χ4n) is 3.61. The highest BCUT2D eigenvalue weighted by Crippen LogP contribution is 2.26. The van der Waals surface area contributed by atoms with Crippen LogP contribution in [-0.4, -0.2) is 55.9 Å². The van der Waals surface area contributed by atoms with Crippen molar-refractivity contribution in [1.82, 2.24) is 4.90 Å². The first-order chi connectivity index (χ1) is 15.5. The molecule has 0 radical (unpaired) electrons. The third-order valence-corrected chi connectivity index (χ3v) is 6.26. The maximum Gasteiger partial charge on any atom is 0.272 e. The smallest absolute Gasteiger partial charge is 0.272 e. The number of likely N-dealkylation sites (tertiary alicyclic amines) is 1. The van der Waals surface area contributed by atoms with E-state index in [-0.39, 0.29) is 5.90 Å². The van der Waals surface area contributed by atoms with E-state index in [1.54, 1.807) is 0 Å². The lowest BCUT2D eigenvalue weighted by molar-refractivity contribution is 0.0765. The standard InChI is InChI=1S/C24H30F2N4OS/c1-19-12-13-29(16-19)14-15-32-30(22-6-4-3-5-7-22)17-20-8-10-21(11-9-20)24(28-27-2)31-18-23(25)26/h3-11,19,23H,2,12-18H2,1H3/b28-24-/t19-/m1/s1. The van der Waals surface area contributed by atoms with Gasteiger partial charge in [-0.2, -0.15) is 5.10 Å². The van der Waals surface area contributed by atoms with Crippen LogP contribution in [0.25, 0.3) is 0 Å². The molecule has 3 rings (SSSR count). The lowest BCUT2D eigenvalue weighted by Gasteiger charge is -2.25. The van der Waals surface area contributed by atoms with Crippen molar-refractivity contribution in [3.63, 3.8) is 0 Å². The summed E-state index contributed by atoms with van der Waals surface area (Å²) in [5.74, 6) is 1.85. The molecule has 1 saturated heterocycles. The molecule has 2 aromatic carbocycles. The summed E-state index contributed by atoms with van der Waals surface area (Å²) >= 11 is 1.82. The van der Waals surface area contributed by atoms with Crippen LogP contribution in [0.1, 0.15) is 24.5 Å². The Labute approximate surface area is 193 Å². The van der Waals surface area contributed by atoms with E-state index in [0.29, 0.717) is 5.56 Å². The molecule has 0 aromatic heterocycles. The summed E-state index contributed by atoms with van der Waals surface area (Å²) in [5.41, 5.74) is 2.83. The van der Waals surface area contributed by atoms with Gasteiger partial charge in [0.1, 0.15) is 0 Å². The monoisotopic (exact) mass is 460 g/mol. The van der Waals surface area contributed by atoms with Crippen molar-refractivity contribution in [1.29, 1.82) is 0 Å². The Bertz CT molecular complexity index is 864. The SMILES string of the molecule is C=N/N=C(\OCC(F)F)c1ccc(CN(SCCN2CC[C@@H](C)C2)c2ccccc2)cc1. The first kappa shape index (κ1) is 24.2. The van der Waals surface area contributed by atoms with Crippen LogP contribution in [0.5, 0.6) is 0 Å². The van der Waals surface area contributed by atoms with E-state index in [1.807, 2.05) is 54.4 Å². The summed E-state index contributed by atoms with van der Waals surface area (Å²) in [4.78, 5) is 2.53. The van der Waals surface area contributed by atoms with Crippen molar-refractivity contribution >= 4 is 30.3 Å². The van der Waals surface area contributed by atoms with Crippen LogP contribution in [0, 0.1) is 5.92 Å². The van der Waals surface area contributed by atoms with Gasteiger partial charge in [-0.25, -0.2) is 8.78 Å². The molecule has 1 heterocycles. The van der Waals surface area contributed by atoms with Crippen molar-refractivity contribution < 1.29 is 13.5 Å². The van der Waals surface area contributed by atoms with Gasteiger partial charge in [0.25, 0.3) is 6.43 Å². The van der Waals surface area contributed by atoms with Crippen LogP contribution in [0.3, 0.4) is 0 Å². The Hall–Kier alpha value is -2.45. The van der Waals surface area contributed by atoms with E-state index in [1.165, 1.54) is 19.5 Å². The van der Waals surface area contributed by atoms with Gasteiger partial charge in [0, 0.05) is 36.8 Å². The minimum absolute atomic E-state index is 0.0426. The molecule has 32 heavy (non-hydrogen) atoms. The third-order valence-electron chi connectivity index (χ3n) is 5.24. The van der Waals surface area contributed by atoms with E-state index in [2.05, 4.69) is 45.2 Å². The van der Waals surface area contributed by atoms with Crippen LogP contribution in [0.2, 0.25) is 0 Å². The van der Waals surface area contributed by atoms with Crippen molar-refractivity contribution in [3.8, 4) is 0 Å². The minimum atomic E-state index is -2.58. The molecule has 0 N–H and O–H groups in total. The zero-order chi connectivity index (χ0) is 22.8. The van der Waals surface area contributed by atoms with Crippen LogP contribution in [0.4, 0.5) is 14.5 Å². The second kappa shape index (κ2) is 12.6. The number of halogens is 2. The largest absolute Gasteiger partial charge is 0.470 e. The molecule has 0 amide bonds. The predicted octanol–water partition coefficient (Wildman–Crippen LogP) is 5.33. The van der Waals surface area contributed by atoms with Gasteiger partial charge in [0.2, 0.25) is 5.90 Å². The van der Waals surface area contributed by atoms with Crippen LogP contribution in [-0.2, 0) is 11.3 Å². The summed E-state index contributed by atoms with van der Waals surface area (Å²) in [6.07, 6.45) is -1.29. The highest BCUT2D eigenvalue weighted by Gasteiger charge is 2.18. The van der Waals surface area contributed by atoms with Crippen molar-refractivity contribution in [2.24, 2.45) is 16.1 Å². The maximum absolute atomic E-state index is 12.5. The van der Waals surface area contributed by atoms with Gasteiger partial charge < -0.3 is 13.9 Å². The number of hydrogen-bond donors (Lipinski definition) is 0. The van der Waals surface area contributed by atoms with Crippen molar-refractivity contribution in [2.45, 2.75) is 26.3 Å². The van der Waals surface area contributed by atoms with Gasteiger partial charge in [-0.3, -0.25) is 0 Å². The van der Waals surface area contributed by atoms with E-state index in [0.717, 1.165) is 36.0 Å². The molecule has 0 saturated carbocycles. The molecular weight excluding hydrogens is 430 g/mol. The molecule has 1 fully saturated rings. The molecule has 8 heteroatoms. The van der Waals surface area contributed by atoms with Gasteiger partial charge in [-0.15, -0.1) is 5.10 Å². The van der Waals surface area contributed by atoms with E-state index < -0.39 is 13.0 Å². The van der Waals surface area contributed by atoms with E-state index in [4.69, 9.17) is 4.74 Å². The van der Waals surface area contributed by atoms with E-state index in [9.17, 15) is 8.78 Å². The third kappa shape index (κ3) is 7.60. The average Bonchev–Trinajstić information content (AvgIpc) is 3.22. The number of hydrogen-bond acceptors (Lipinski definition) is 6. The molecular formula is C24H30F2N4OS. The predicted molar refractivity (Wildman–Crippen MR) is 130 cm³/mol. The van der Waals surface area contributed by atoms with Crippen LogP contribution < -0.4 is 4.31 Å². The molecule has 0 bridgehead atoms. The first-order valence-electron chi connectivity index (χ1n) is 10.8. The molecule has 5 nitrogen and oxygen atoms in total. The summed E-state index contributed by atoms with van der Waals surface area (Å²) in [6, 6.07) is 17.8. The van der Waals surface area contributed by atoms with Gasteiger partial charge in [-0.05, 0) is 60.7 Å². The Balaban J connectivity index is 1.64. The second-order valence-corrected chi connectivity index (χ2v) is 8.95. The van der Waals surface area contributed by atoms with Crippen LogP contribution in [0.15, 0.2) is 64.8 Å². The average molecular weight is 461 g/mol. The Morgan fingerprint density at radius 1 is 1.22 bits per heavy atom. The van der Waals surface area contributed by atoms with Gasteiger partial charge >= 0.3 is 0 Å². The Morgan fingerprint density at radius 3 is 2.59 bits per heavy atom. The minimum Gasteiger partial charge on any atom is -0.470 e.